The molecule has 0 bridgehead atoms. The van der Waals surface area contributed by atoms with E-state index in [4.69, 9.17) is 14.8 Å². The van der Waals surface area contributed by atoms with E-state index < -0.39 is 19.2 Å². The van der Waals surface area contributed by atoms with E-state index in [0.29, 0.717) is 5.56 Å². The van der Waals surface area contributed by atoms with Crippen LogP contribution in [0.25, 0.3) is 0 Å². The van der Waals surface area contributed by atoms with Gasteiger partial charge in [-0.15, -0.1) is 0 Å². The van der Waals surface area contributed by atoms with Gasteiger partial charge in [-0.1, -0.05) is 12.1 Å². The third-order valence-electron chi connectivity index (χ3n) is 2.15. The molecule has 0 aliphatic heterocycles. The van der Waals surface area contributed by atoms with Gasteiger partial charge in [0.05, 0.1) is 13.2 Å². The first-order valence-electron chi connectivity index (χ1n) is 5.43. The zero-order valence-corrected chi connectivity index (χ0v) is 10.8. The van der Waals surface area contributed by atoms with Crippen molar-refractivity contribution in [3.63, 3.8) is 0 Å². The molecule has 0 aliphatic carbocycles. The van der Waals surface area contributed by atoms with Crippen LogP contribution in [0.4, 0.5) is 4.39 Å². The maximum atomic E-state index is 13.1. The summed E-state index contributed by atoms with van der Waals surface area (Å²) in [5.74, 6) is -1.41. The molecule has 1 atom stereocenters. The molecular weight excluding hydrogens is 244 g/mol. The topological polar surface area (TPSA) is 61.5 Å². The molecule has 0 unspecified atom stereocenters. The van der Waals surface area contributed by atoms with E-state index in [2.05, 4.69) is 0 Å². The lowest BCUT2D eigenvalue weighted by molar-refractivity contribution is 0.212. The van der Waals surface area contributed by atoms with E-state index in [1.54, 1.807) is 19.9 Å². The summed E-state index contributed by atoms with van der Waals surface area (Å²) in [6.45, 7) is 3.84. The average Bonchev–Trinajstić information content (AvgIpc) is 2.28. The van der Waals surface area contributed by atoms with Crippen LogP contribution in [0.5, 0.6) is 0 Å². The Hall–Kier alpha value is -0.740. The predicted octanol–water partition coefficient (Wildman–Crippen LogP) is 3.05. The Bertz CT molecular complexity index is 403. The lowest BCUT2D eigenvalue weighted by Gasteiger charge is -2.23. The molecular formula is C11H17FNO3P. The molecule has 0 aliphatic rings. The van der Waals surface area contributed by atoms with Gasteiger partial charge < -0.3 is 14.8 Å². The molecule has 0 aromatic heterocycles. The molecule has 0 saturated carbocycles. The molecule has 0 saturated heterocycles. The summed E-state index contributed by atoms with van der Waals surface area (Å²) in [4.78, 5) is 0. The van der Waals surface area contributed by atoms with Crippen molar-refractivity contribution in [1.29, 1.82) is 0 Å². The van der Waals surface area contributed by atoms with E-state index in [1.807, 2.05) is 0 Å². The third-order valence-corrected chi connectivity index (χ3v) is 4.36. The highest BCUT2D eigenvalue weighted by molar-refractivity contribution is 7.54. The number of hydrogen-bond acceptors (Lipinski definition) is 4. The Labute approximate surface area is 100 Å². The predicted molar refractivity (Wildman–Crippen MR) is 64.2 cm³/mol. The number of benzene rings is 1. The molecule has 0 spiro atoms. The minimum atomic E-state index is -3.44. The SMILES string of the molecule is CCOP(=O)(OCC)[C@H](N)c1cccc(F)c1. The number of nitrogens with two attached hydrogens (primary N) is 1. The second kappa shape index (κ2) is 6.26. The highest BCUT2D eigenvalue weighted by atomic mass is 31.2. The fourth-order valence-electron chi connectivity index (χ4n) is 1.43. The third kappa shape index (κ3) is 3.61. The van der Waals surface area contributed by atoms with Crippen LogP contribution in [0.2, 0.25) is 0 Å². The fraction of sp³-hybridized carbons (Fsp3) is 0.455. The lowest BCUT2D eigenvalue weighted by atomic mass is 10.2. The van der Waals surface area contributed by atoms with Crippen molar-refractivity contribution in [1.82, 2.24) is 0 Å². The van der Waals surface area contributed by atoms with Crippen LogP contribution in [-0.2, 0) is 13.6 Å². The van der Waals surface area contributed by atoms with Crippen LogP contribution < -0.4 is 5.73 Å². The van der Waals surface area contributed by atoms with Crippen molar-refractivity contribution in [2.75, 3.05) is 13.2 Å². The molecule has 0 heterocycles. The van der Waals surface area contributed by atoms with Crippen molar-refractivity contribution < 1.29 is 18.0 Å². The summed E-state index contributed by atoms with van der Waals surface area (Å²) < 4.78 is 35.6. The molecule has 4 nitrogen and oxygen atoms in total. The van der Waals surface area contributed by atoms with Gasteiger partial charge in [0.2, 0.25) is 0 Å². The van der Waals surface area contributed by atoms with Gasteiger partial charge in [-0.2, -0.15) is 0 Å². The quantitative estimate of drug-likeness (QED) is 0.799. The first-order valence-corrected chi connectivity index (χ1v) is 7.04. The van der Waals surface area contributed by atoms with Crippen molar-refractivity contribution in [3.8, 4) is 0 Å². The molecule has 1 aromatic carbocycles. The highest BCUT2D eigenvalue weighted by Crippen LogP contribution is 2.58. The van der Waals surface area contributed by atoms with Crippen LogP contribution in [0.1, 0.15) is 25.2 Å². The van der Waals surface area contributed by atoms with Gasteiger partial charge in [-0.05, 0) is 31.5 Å². The largest absolute Gasteiger partial charge is 0.351 e. The minimum Gasteiger partial charge on any atom is -0.314 e. The standard InChI is InChI=1S/C11H17FNO3P/c1-3-15-17(14,16-4-2)11(13)9-6-5-7-10(12)8-9/h5-8,11H,3-4,13H2,1-2H3/t11-/m0/s1. The Kier molecular flexibility index (Phi) is 5.28. The molecule has 1 rings (SSSR count). The van der Waals surface area contributed by atoms with Gasteiger partial charge in [0, 0.05) is 0 Å². The molecule has 0 amide bonds. The summed E-state index contributed by atoms with van der Waals surface area (Å²) in [5.41, 5.74) is 6.23. The first-order chi connectivity index (χ1) is 8.03. The zero-order chi connectivity index (χ0) is 12.9. The van der Waals surface area contributed by atoms with Gasteiger partial charge in [-0.25, -0.2) is 4.39 Å². The Morgan fingerprint density at radius 3 is 2.41 bits per heavy atom. The van der Waals surface area contributed by atoms with Gasteiger partial charge in [0.15, 0.2) is 0 Å². The van der Waals surface area contributed by atoms with Gasteiger partial charge in [0.25, 0.3) is 0 Å². The normalized spacial score (nSPS) is 13.6. The zero-order valence-electron chi connectivity index (χ0n) is 9.93. The number of hydrogen-bond donors (Lipinski definition) is 1. The monoisotopic (exact) mass is 261 g/mol. The van der Waals surface area contributed by atoms with Crippen LogP contribution in [0, 0.1) is 5.82 Å². The van der Waals surface area contributed by atoms with Crippen LogP contribution in [-0.4, -0.2) is 13.2 Å². The van der Waals surface area contributed by atoms with Gasteiger partial charge >= 0.3 is 7.60 Å². The van der Waals surface area contributed by atoms with E-state index in [0.717, 1.165) is 0 Å². The number of rotatable bonds is 6. The smallest absolute Gasteiger partial charge is 0.314 e. The van der Waals surface area contributed by atoms with E-state index in [9.17, 15) is 8.96 Å². The molecule has 6 heteroatoms. The van der Waals surface area contributed by atoms with Gasteiger partial charge in [0.1, 0.15) is 11.6 Å². The van der Waals surface area contributed by atoms with E-state index in [-0.39, 0.29) is 13.2 Å². The van der Waals surface area contributed by atoms with E-state index >= 15 is 0 Å². The number of halogens is 1. The molecule has 0 fully saturated rings. The Morgan fingerprint density at radius 2 is 1.94 bits per heavy atom. The summed E-state index contributed by atoms with van der Waals surface area (Å²) in [6, 6.07) is 5.63. The molecule has 1 aromatic rings. The van der Waals surface area contributed by atoms with Crippen molar-refractivity contribution >= 4 is 7.60 Å². The molecule has 0 radical (unpaired) electrons. The van der Waals surface area contributed by atoms with Gasteiger partial charge in [-0.3, -0.25) is 4.57 Å². The average molecular weight is 261 g/mol. The van der Waals surface area contributed by atoms with Crippen molar-refractivity contribution in [2.24, 2.45) is 5.73 Å². The summed E-state index contributed by atoms with van der Waals surface area (Å²) in [6.07, 6.45) is 0. The maximum Gasteiger partial charge on any atom is 0.351 e. The highest BCUT2D eigenvalue weighted by Gasteiger charge is 2.33. The Morgan fingerprint density at radius 1 is 1.35 bits per heavy atom. The van der Waals surface area contributed by atoms with Crippen molar-refractivity contribution in [2.45, 2.75) is 19.6 Å². The second-order valence-corrected chi connectivity index (χ2v) is 5.53. The molecule has 17 heavy (non-hydrogen) atoms. The lowest BCUT2D eigenvalue weighted by Crippen LogP contribution is -2.15. The molecule has 2 N–H and O–H groups in total. The minimum absolute atomic E-state index is 0.223. The summed E-state index contributed by atoms with van der Waals surface area (Å²) >= 11 is 0. The molecule has 96 valence electrons. The summed E-state index contributed by atoms with van der Waals surface area (Å²) in [7, 11) is -3.44. The van der Waals surface area contributed by atoms with Crippen molar-refractivity contribution in [3.05, 3.63) is 35.6 Å². The van der Waals surface area contributed by atoms with Crippen LogP contribution in [0.3, 0.4) is 0 Å². The second-order valence-electron chi connectivity index (χ2n) is 3.38. The van der Waals surface area contributed by atoms with E-state index in [1.165, 1.54) is 18.2 Å². The van der Waals surface area contributed by atoms with Crippen LogP contribution in [0.15, 0.2) is 24.3 Å². The Balaban J connectivity index is 2.99. The summed E-state index contributed by atoms with van der Waals surface area (Å²) in [5, 5.41) is 0. The maximum absolute atomic E-state index is 13.1. The van der Waals surface area contributed by atoms with Crippen LogP contribution >= 0.6 is 7.60 Å². The fourth-order valence-corrected chi connectivity index (χ4v) is 3.07. The first kappa shape index (κ1) is 14.3.